The number of pyridine rings is 1. The van der Waals surface area contributed by atoms with Crippen LogP contribution in [0.25, 0.3) is 22.4 Å². The predicted molar refractivity (Wildman–Crippen MR) is 135 cm³/mol. The van der Waals surface area contributed by atoms with E-state index in [1.54, 1.807) is 25.4 Å². The third kappa shape index (κ3) is 3.99. The van der Waals surface area contributed by atoms with Gasteiger partial charge in [-0.3, -0.25) is 4.79 Å². The Hall–Kier alpha value is -2.84. The second kappa shape index (κ2) is 8.74. The number of aromatic nitrogens is 3. The summed E-state index contributed by atoms with van der Waals surface area (Å²) in [7, 11) is 1.72. The first-order chi connectivity index (χ1) is 16.5. The number of thioether (sulfide) groups is 1. The van der Waals surface area contributed by atoms with Crippen molar-refractivity contribution in [2.24, 2.45) is 7.05 Å². The van der Waals surface area contributed by atoms with Crippen molar-refractivity contribution in [1.82, 2.24) is 20.1 Å². The van der Waals surface area contributed by atoms with Crippen molar-refractivity contribution in [2.45, 2.75) is 55.1 Å². The quantitative estimate of drug-likeness (QED) is 0.596. The summed E-state index contributed by atoms with van der Waals surface area (Å²) in [6.07, 6.45) is 7.98. The number of anilines is 1. The van der Waals surface area contributed by atoms with Crippen LogP contribution in [0.2, 0.25) is 0 Å². The molecule has 2 saturated heterocycles. The number of hydrogen-bond acceptors (Lipinski definition) is 7. The molecule has 3 aliphatic rings. The largest absolute Gasteiger partial charge is 0.507 e. The van der Waals surface area contributed by atoms with Crippen LogP contribution in [0.1, 0.15) is 32.1 Å². The van der Waals surface area contributed by atoms with Crippen LogP contribution in [0.15, 0.2) is 52.3 Å². The average Bonchev–Trinajstić information content (AvgIpc) is 2.84. The van der Waals surface area contributed by atoms with Crippen LogP contribution in [-0.4, -0.2) is 50.3 Å². The highest BCUT2D eigenvalue weighted by molar-refractivity contribution is 7.99. The van der Waals surface area contributed by atoms with Gasteiger partial charge in [0.05, 0.1) is 10.6 Å². The topological polar surface area (TPSA) is 83.3 Å². The van der Waals surface area contributed by atoms with Gasteiger partial charge in [-0.15, -0.1) is 22.0 Å². The lowest BCUT2D eigenvalue weighted by Gasteiger charge is -2.46. The Bertz CT molecular complexity index is 1280. The van der Waals surface area contributed by atoms with E-state index in [9.17, 15) is 9.90 Å². The second-order valence-corrected chi connectivity index (χ2v) is 10.8. The summed E-state index contributed by atoms with van der Waals surface area (Å²) in [5.74, 6) is 2.16. The smallest absolute Gasteiger partial charge is 0.250 e. The lowest BCUT2D eigenvalue weighted by atomic mass is 9.83. The molecule has 176 valence electrons. The third-order valence-electron chi connectivity index (χ3n) is 7.44. The maximum Gasteiger partial charge on any atom is 0.250 e. The van der Waals surface area contributed by atoms with Gasteiger partial charge >= 0.3 is 0 Å². The summed E-state index contributed by atoms with van der Waals surface area (Å²) in [6, 6.07) is 12.7. The molecule has 2 N–H and O–H groups in total. The third-order valence-corrected chi connectivity index (χ3v) is 8.44. The van der Waals surface area contributed by atoms with E-state index in [1.807, 2.05) is 30.0 Å². The number of benzene rings is 1. The Morgan fingerprint density at radius 3 is 2.62 bits per heavy atom. The molecule has 0 saturated carbocycles. The summed E-state index contributed by atoms with van der Waals surface area (Å²) in [6.45, 7) is 1.01. The van der Waals surface area contributed by atoms with E-state index in [0.29, 0.717) is 29.4 Å². The lowest BCUT2D eigenvalue weighted by molar-refractivity contribution is 0.216. The first-order valence-electron chi connectivity index (χ1n) is 12.1. The number of aryl methyl sites for hydroxylation is 1. The molecule has 3 aromatic rings. The molecule has 0 amide bonds. The van der Waals surface area contributed by atoms with Crippen LogP contribution >= 0.6 is 11.8 Å². The van der Waals surface area contributed by atoms with E-state index < -0.39 is 0 Å². The van der Waals surface area contributed by atoms with Crippen LogP contribution in [0, 0.1) is 0 Å². The molecule has 2 fully saturated rings. The molecule has 7 nitrogen and oxygen atoms in total. The number of hydrogen-bond donors (Lipinski definition) is 2. The Labute approximate surface area is 203 Å². The fourth-order valence-corrected chi connectivity index (χ4v) is 6.66. The number of rotatable bonds is 3. The van der Waals surface area contributed by atoms with Crippen molar-refractivity contribution < 1.29 is 5.11 Å². The summed E-state index contributed by atoms with van der Waals surface area (Å²) in [5, 5.41) is 23.8. The number of nitrogens with one attached hydrogen (secondary N) is 1. The number of aromatic hydroxyl groups is 1. The molecule has 6 rings (SSSR count). The van der Waals surface area contributed by atoms with E-state index in [2.05, 4.69) is 26.5 Å². The molecule has 5 heterocycles. The predicted octanol–water partition coefficient (Wildman–Crippen LogP) is 3.80. The Kier molecular flexibility index (Phi) is 5.57. The van der Waals surface area contributed by atoms with Gasteiger partial charge in [-0.1, -0.05) is 12.5 Å². The molecule has 34 heavy (non-hydrogen) atoms. The minimum absolute atomic E-state index is 0.0828. The molecule has 1 unspecified atom stereocenters. The lowest BCUT2D eigenvalue weighted by Crippen LogP contribution is -2.55. The zero-order valence-electron chi connectivity index (χ0n) is 19.3. The van der Waals surface area contributed by atoms with Crippen LogP contribution in [0.3, 0.4) is 0 Å². The van der Waals surface area contributed by atoms with Gasteiger partial charge in [-0.05, 0) is 61.1 Å². The number of fused-ring (bicyclic) bond motifs is 3. The van der Waals surface area contributed by atoms with E-state index in [0.717, 1.165) is 34.1 Å². The number of phenols is 1. The summed E-state index contributed by atoms with van der Waals surface area (Å²) in [5.41, 5.74) is 2.81. The number of piperidine rings is 2. The van der Waals surface area contributed by atoms with Gasteiger partial charge in [0.25, 0.3) is 5.56 Å². The fraction of sp³-hybridized carbons (Fsp3) is 0.423. The Balaban J connectivity index is 1.28. The van der Waals surface area contributed by atoms with Gasteiger partial charge < -0.3 is 19.9 Å². The van der Waals surface area contributed by atoms with Crippen molar-refractivity contribution in [1.29, 1.82) is 0 Å². The van der Waals surface area contributed by atoms with Crippen molar-refractivity contribution in [2.75, 3.05) is 17.2 Å². The van der Waals surface area contributed by atoms with Gasteiger partial charge in [-0.25, -0.2) is 0 Å². The Morgan fingerprint density at radius 1 is 1.06 bits per heavy atom. The van der Waals surface area contributed by atoms with Crippen molar-refractivity contribution in [3.05, 3.63) is 52.9 Å². The van der Waals surface area contributed by atoms with E-state index in [-0.39, 0.29) is 11.3 Å². The maximum absolute atomic E-state index is 12.0. The van der Waals surface area contributed by atoms with E-state index in [1.165, 1.54) is 36.7 Å². The molecular formula is C26H29N5O2S. The van der Waals surface area contributed by atoms with Crippen LogP contribution in [0.4, 0.5) is 5.82 Å². The minimum atomic E-state index is -0.0828. The molecule has 1 aromatic carbocycles. The molecule has 3 atom stereocenters. The van der Waals surface area contributed by atoms with Gasteiger partial charge in [0.1, 0.15) is 5.75 Å². The van der Waals surface area contributed by atoms with Crippen LogP contribution in [-0.2, 0) is 7.05 Å². The number of phenolic OH excluding ortho intramolecular Hbond substituents is 1. The van der Waals surface area contributed by atoms with Crippen molar-refractivity contribution in [3.63, 3.8) is 0 Å². The van der Waals surface area contributed by atoms with Gasteiger partial charge in [0, 0.05) is 55.3 Å². The normalized spacial score (nSPS) is 24.0. The molecule has 2 aromatic heterocycles. The summed E-state index contributed by atoms with van der Waals surface area (Å²) in [4.78, 5) is 15.6. The first-order valence-corrected chi connectivity index (χ1v) is 13.1. The van der Waals surface area contributed by atoms with E-state index in [4.69, 9.17) is 0 Å². The molecule has 0 spiro atoms. The van der Waals surface area contributed by atoms with Crippen molar-refractivity contribution in [3.8, 4) is 28.1 Å². The summed E-state index contributed by atoms with van der Waals surface area (Å²) >= 11 is 1.82. The van der Waals surface area contributed by atoms with Gasteiger partial charge in [0.15, 0.2) is 5.82 Å². The first kappa shape index (κ1) is 21.7. The molecular weight excluding hydrogens is 446 g/mol. The van der Waals surface area contributed by atoms with E-state index >= 15 is 0 Å². The second-order valence-electron chi connectivity index (χ2n) is 9.67. The highest BCUT2D eigenvalue weighted by Crippen LogP contribution is 2.40. The monoisotopic (exact) mass is 475 g/mol. The van der Waals surface area contributed by atoms with Gasteiger partial charge in [-0.2, -0.15) is 0 Å². The maximum atomic E-state index is 12.0. The summed E-state index contributed by atoms with van der Waals surface area (Å²) < 4.78 is 1.53. The molecule has 0 radical (unpaired) electrons. The number of nitrogens with zero attached hydrogens (tertiary/aromatic N) is 4. The highest BCUT2D eigenvalue weighted by Gasteiger charge is 2.36. The van der Waals surface area contributed by atoms with Crippen molar-refractivity contribution >= 4 is 17.6 Å². The average molecular weight is 476 g/mol. The zero-order chi connectivity index (χ0) is 23.2. The molecule has 8 heteroatoms. The standard InChI is InChI=1S/C26H29N5O2S/c1-30-8-7-17(12-25(30)33)16-5-6-21(23(32)11-16)22-15-24-26(29-28-22)31(9-10-34-24)20-13-18-3-2-4-19(14-20)27-18/h5-8,11-12,15,18-20,27,32H,2-4,9-10,13-14H2,1H3/t18-,19+,20?. The molecule has 2 bridgehead atoms. The van der Waals surface area contributed by atoms with Crippen LogP contribution in [0.5, 0.6) is 5.75 Å². The molecule has 0 aliphatic carbocycles. The Morgan fingerprint density at radius 2 is 1.85 bits per heavy atom. The zero-order valence-corrected chi connectivity index (χ0v) is 20.1. The minimum Gasteiger partial charge on any atom is -0.507 e. The SMILES string of the molecule is Cn1ccc(-c2ccc(-c3cc4c(nn3)N(C3C[C@H]5CCC[C@@H](C3)N5)CCS4)c(O)c2)cc1=O. The van der Waals surface area contributed by atoms with Gasteiger partial charge in [0.2, 0.25) is 0 Å². The van der Waals surface area contributed by atoms with Crippen LogP contribution < -0.4 is 15.8 Å². The highest BCUT2D eigenvalue weighted by atomic mass is 32.2. The fourth-order valence-electron chi connectivity index (χ4n) is 5.67. The molecule has 3 aliphatic heterocycles.